The first-order valence-electron chi connectivity index (χ1n) is 4.85. The fourth-order valence-corrected chi connectivity index (χ4v) is 1.61. The molecule has 0 bridgehead atoms. The summed E-state index contributed by atoms with van der Waals surface area (Å²) in [4.78, 5) is 0. The Hall–Kier alpha value is -0.170. The van der Waals surface area contributed by atoms with E-state index in [1.54, 1.807) is 0 Å². The quantitative estimate of drug-likeness (QED) is 0.706. The molecule has 15 heavy (non-hydrogen) atoms. The monoisotopic (exact) mass is 321 g/mol. The van der Waals surface area contributed by atoms with Gasteiger partial charge in [-0.3, -0.25) is 0 Å². The average molecular weight is 321 g/mol. The van der Waals surface area contributed by atoms with Crippen LogP contribution in [-0.4, -0.2) is 29.0 Å². The molecule has 84 valence electrons. The highest BCUT2D eigenvalue weighted by Crippen LogP contribution is 2.13. The molecule has 0 aliphatic rings. The highest BCUT2D eigenvalue weighted by atomic mass is 127. The maximum atomic E-state index is 9.02. The van der Waals surface area contributed by atoms with Gasteiger partial charge in [-0.05, 0) is 53.1 Å². The molecule has 1 aromatic carbocycles. The van der Waals surface area contributed by atoms with E-state index in [1.807, 2.05) is 24.3 Å². The van der Waals surface area contributed by atoms with Crippen LogP contribution in [0.3, 0.4) is 0 Å². The number of nitrogens with two attached hydrogens (primary N) is 1. The summed E-state index contributed by atoms with van der Waals surface area (Å²) in [6.45, 7) is -0.373. The van der Waals surface area contributed by atoms with Crippen molar-refractivity contribution in [3.05, 3.63) is 33.4 Å². The molecule has 0 unspecified atom stereocenters. The Bertz CT molecular complexity index is 296. The third-order valence-electron chi connectivity index (χ3n) is 2.45. The van der Waals surface area contributed by atoms with Gasteiger partial charge >= 0.3 is 0 Å². The lowest BCUT2D eigenvalue weighted by atomic mass is 9.94. The van der Waals surface area contributed by atoms with Gasteiger partial charge in [0.05, 0.1) is 18.8 Å². The minimum absolute atomic E-state index is 0.187. The minimum Gasteiger partial charge on any atom is -0.394 e. The predicted octanol–water partition coefficient (Wildman–Crippen LogP) is 0.906. The summed E-state index contributed by atoms with van der Waals surface area (Å²) in [5.74, 6) is 0. The zero-order valence-corrected chi connectivity index (χ0v) is 10.6. The molecule has 1 aromatic rings. The molecule has 0 aliphatic heterocycles. The molecular weight excluding hydrogens is 305 g/mol. The molecule has 0 saturated carbocycles. The van der Waals surface area contributed by atoms with Crippen molar-refractivity contribution in [2.24, 2.45) is 5.73 Å². The molecule has 0 saturated heterocycles. The first kappa shape index (κ1) is 12.9. The number of hydrogen-bond acceptors (Lipinski definition) is 3. The minimum atomic E-state index is -0.858. The van der Waals surface area contributed by atoms with Crippen LogP contribution in [0.5, 0.6) is 0 Å². The smallest absolute Gasteiger partial charge is 0.0633 e. The summed E-state index contributed by atoms with van der Waals surface area (Å²) in [6, 6.07) is 8.14. The van der Waals surface area contributed by atoms with Gasteiger partial charge in [0, 0.05) is 3.57 Å². The van der Waals surface area contributed by atoms with Crippen LogP contribution < -0.4 is 5.73 Å². The Morgan fingerprint density at radius 2 is 1.67 bits per heavy atom. The second-order valence-electron chi connectivity index (χ2n) is 3.81. The number of hydrogen-bond donors (Lipinski definition) is 3. The molecule has 1 rings (SSSR count). The van der Waals surface area contributed by atoms with Gasteiger partial charge in [0.25, 0.3) is 0 Å². The summed E-state index contributed by atoms with van der Waals surface area (Å²) < 4.78 is 1.19. The second-order valence-corrected chi connectivity index (χ2v) is 5.05. The van der Waals surface area contributed by atoms with E-state index >= 15 is 0 Å². The largest absolute Gasteiger partial charge is 0.394 e. The SMILES string of the molecule is NC(CO)(CO)CCc1ccc(I)cc1. The van der Waals surface area contributed by atoms with Crippen LogP contribution in [0.4, 0.5) is 0 Å². The van der Waals surface area contributed by atoms with Gasteiger partial charge in [-0.2, -0.15) is 0 Å². The Morgan fingerprint density at radius 1 is 1.13 bits per heavy atom. The molecule has 0 atom stereocenters. The van der Waals surface area contributed by atoms with Crippen molar-refractivity contribution in [2.45, 2.75) is 18.4 Å². The standard InChI is InChI=1S/C11H16INO2/c12-10-3-1-9(2-4-10)5-6-11(13,7-14)8-15/h1-4,14-15H,5-8,13H2. The molecule has 4 N–H and O–H groups in total. The van der Waals surface area contributed by atoms with E-state index in [4.69, 9.17) is 15.9 Å². The molecule has 3 nitrogen and oxygen atoms in total. The molecule has 0 aromatic heterocycles. The van der Waals surface area contributed by atoms with Crippen LogP contribution in [0.15, 0.2) is 24.3 Å². The first-order valence-corrected chi connectivity index (χ1v) is 5.92. The summed E-state index contributed by atoms with van der Waals surface area (Å²) in [7, 11) is 0. The number of benzene rings is 1. The van der Waals surface area contributed by atoms with E-state index in [0.717, 1.165) is 6.42 Å². The fourth-order valence-electron chi connectivity index (χ4n) is 1.25. The van der Waals surface area contributed by atoms with E-state index < -0.39 is 5.54 Å². The van der Waals surface area contributed by atoms with Crippen molar-refractivity contribution < 1.29 is 10.2 Å². The van der Waals surface area contributed by atoms with Crippen LogP contribution in [0.2, 0.25) is 0 Å². The Kier molecular flexibility index (Phi) is 4.98. The summed E-state index contributed by atoms with van der Waals surface area (Å²) in [5.41, 5.74) is 6.09. The third-order valence-corrected chi connectivity index (χ3v) is 3.17. The molecule has 0 spiro atoms. The number of aryl methyl sites for hydroxylation is 1. The molecule has 4 heteroatoms. The van der Waals surface area contributed by atoms with Gasteiger partial charge in [-0.1, -0.05) is 12.1 Å². The van der Waals surface area contributed by atoms with Gasteiger partial charge in [0.1, 0.15) is 0 Å². The highest BCUT2D eigenvalue weighted by Gasteiger charge is 2.22. The molecule has 0 radical (unpaired) electrons. The van der Waals surface area contributed by atoms with Crippen molar-refractivity contribution >= 4 is 22.6 Å². The zero-order chi connectivity index (χ0) is 11.3. The van der Waals surface area contributed by atoms with E-state index in [-0.39, 0.29) is 13.2 Å². The number of aliphatic hydroxyl groups is 2. The summed E-state index contributed by atoms with van der Waals surface area (Å²) >= 11 is 2.25. The molecule has 0 fully saturated rings. The Morgan fingerprint density at radius 3 is 2.13 bits per heavy atom. The maximum absolute atomic E-state index is 9.02. The lowest BCUT2D eigenvalue weighted by molar-refractivity contribution is 0.115. The Labute approximate surface area is 103 Å². The van der Waals surface area contributed by atoms with Gasteiger partial charge in [0.15, 0.2) is 0 Å². The van der Waals surface area contributed by atoms with Gasteiger partial charge in [0.2, 0.25) is 0 Å². The van der Waals surface area contributed by atoms with Crippen molar-refractivity contribution in [1.29, 1.82) is 0 Å². The van der Waals surface area contributed by atoms with Gasteiger partial charge in [-0.15, -0.1) is 0 Å². The lowest BCUT2D eigenvalue weighted by Gasteiger charge is -2.24. The van der Waals surface area contributed by atoms with E-state index in [2.05, 4.69) is 22.6 Å². The number of rotatable bonds is 5. The van der Waals surface area contributed by atoms with Gasteiger partial charge in [-0.25, -0.2) is 0 Å². The van der Waals surface area contributed by atoms with Crippen LogP contribution in [0, 0.1) is 3.57 Å². The van der Waals surface area contributed by atoms with Crippen molar-refractivity contribution in [3.63, 3.8) is 0 Å². The first-order chi connectivity index (χ1) is 7.09. The molecule has 0 aliphatic carbocycles. The van der Waals surface area contributed by atoms with Crippen LogP contribution in [-0.2, 0) is 6.42 Å². The summed E-state index contributed by atoms with van der Waals surface area (Å²) in [5, 5.41) is 18.0. The average Bonchev–Trinajstić information content (AvgIpc) is 2.28. The predicted molar refractivity (Wildman–Crippen MR) is 68.6 cm³/mol. The van der Waals surface area contributed by atoms with Crippen LogP contribution >= 0.6 is 22.6 Å². The molecular formula is C11H16INO2. The summed E-state index contributed by atoms with van der Waals surface area (Å²) in [6.07, 6.45) is 1.36. The third kappa shape index (κ3) is 4.06. The van der Waals surface area contributed by atoms with Gasteiger partial charge < -0.3 is 15.9 Å². The van der Waals surface area contributed by atoms with Crippen molar-refractivity contribution in [3.8, 4) is 0 Å². The fraction of sp³-hybridized carbons (Fsp3) is 0.455. The molecule has 0 amide bonds. The normalized spacial score (nSPS) is 11.7. The van der Waals surface area contributed by atoms with Crippen LogP contribution in [0.25, 0.3) is 0 Å². The maximum Gasteiger partial charge on any atom is 0.0633 e. The van der Waals surface area contributed by atoms with Crippen molar-refractivity contribution in [2.75, 3.05) is 13.2 Å². The molecule has 0 heterocycles. The number of halogens is 1. The Balaban J connectivity index is 2.53. The zero-order valence-electron chi connectivity index (χ0n) is 8.49. The number of aliphatic hydroxyl groups excluding tert-OH is 2. The highest BCUT2D eigenvalue weighted by molar-refractivity contribution is 14.1. The van der Waals surface area contributed by atoms with E-state index in [0.29, 0.717) is 6.42 Å². The lowest BCUT2D eigenvalue weighted by Crippen LogP contribution is -2.47. The van der Waals surface area contributed by atoms with E-state index in [1.165, 1.54) is 9.13 Å². The van der Waals surface area contributed by atoms with E-state index in [9.17, 15) is 0 Å². The second kappa shape index (κ2) is 5.79. The topological polar surface area (TPSA) is 66.5 Å². The van der Waals surface area contributed by atoms with Crippen molar-refractivity contribution in [1.82, 2.24) is 0 Å². The van der Waals surface area contributed by atoms with Crippen LogP contribution in [0.1, 0.15) is 12.0 Å².